The molecule has 0 saturated carbocycles. The Labute approximate surface area is 134 Å². The van der Waals surface area contributed by atoms with Gasteiger partial charge in [-0.2, -0.15) is 0 Å². The summed E-state index contributed by atoms with van der Waals surface area (Å²) in [5.41, 5.74) is 4.01. The third-order valence-electron chi connectivity index (χ3n) is 4.17. The average Bonchev–Trinajstić information content (AvgIpc) is 2.91. The van der Waals surface area contributed by atoms with Crippen molar-refractivity contribution in [1.82, 2.24) is 10.4 Å². The molecule has 1 N–H and O–H groups in total. The highest BCUT2D eigenvalue weighted by molar-refractivity contribution is 5.97. The van der Waals surface area contributed by atoms with Gasteiger partial charge in [-0.1, -0.05) is 25.3 Å². The molecule has 0 aromatic carbocycles. The molecule has 1 aliphatic carbocycles. The van der Waals surface area contributed by atoms with E-state index in [0.29, 0.717) is 18.8 Å². The van der Waals surface area contributed by atoms with Crippen molar-refractivity contribution in [1.29, 1.82) is 0 Å². The van der Waals surface area contributed by atoms with Crippen molar-refractivity contribution in [2.45, 2.75) is 64.3 Å². The molecule has 126 valence electrons. The summed E-state index contributed by atoms with van der Waals surface area (Å²) < 4.78 is 5.12. The number of rotatable bonds is 11. The third kappa shape index (κ3) is 6.28. The molecule has 0 saturated heterocycles. The van der Waals surface area contributed by atoms with Crippen molar-refractivity contribution in [2.24, 2.45) is 0 Å². The number of ketones is 1. The van der Waals surface area contributed by atoms with Gasteiger partial charge in [0.2, 0.25) is 0 Å². The van der Waals surface area contributed by atoms with Crippen LogP contribution in [0.15, 0.2) is 11.6 Å². The quantitative estimate of drug-likeness (QED) is 0.361. The largest absolute Gasteiger partial charge is 0.465 e. The number of unbranched alkanes of at least 4 members (excludes halogenated alkanes) is 3. The molecule has 1 rings (SSSR count). The first-order valence-corrected chi connectivity index (χ1v) is 8.39. The molecule has 22 heavy (non-hydrogen) atoms. The van der Waals surface area contributed by atoms with Crippen LogP contribution in [-0.4, -0.2) is 43.5 Å². The number of ether oxygens (including phenoxy) is 1. The summed E-state index contributed by atoms with van der Waals surface area (Å²) in [5.74, 6) is 0.166. The van der Waals surface area contributed by atoms with Crippen LogP contribution < -0.4 is 5.43 Å². The molecule has 0 fully saturated rings. The molecule has 5 heteroatoms. The second-order valence-electron chi connectivity index (χ2n) is 5.75. The van der Waals surface area contributed by atoms with Crippen LogP contribution in [0, 0.1) is 0 Å². The number of nitrogens with one attached hydrogen (secondary N) is 1. The summed E-state index contributed by atoms with van der Waals surface area (Å²) in [6.45, 7) is 2.24. The Kier molecular flexibility index (Phi) is 9.01. The fourth-order valence-corrected chi connectivity index (χ4v) is 2.76. The maximum atomic E-state index is 11.9. The van der Waals surface area contributed by atoms with E-state index in [4.69, 9.17) is 4.74 Å². The number of likely N-dealkylation sites (N-methyl/N-ethyl adjacent to an activating group) is 1. The van der Waals surface area contributed by atoms with Gasteiger partial charge in [-0.25, -0.2) is 5.01 Å². The smallest absolute Gasteiger partial charge is 0.324 e. The second-order valence-corrected chi connectivity index (χ2v) is 5.75. The number of hydrogen-bond donors (Lipinski definition) is 1. The minimum atomic E-state index is -0.232. The number of esters is 1. The SMILES string of the molecule is CCOC(=O)C(CCCCCCC1=CCCC1=O)N(C)NC. The van der Waals surface area contributed by atoms with E-state index >= 15 is 0 Å². The lowest BCUT2D eigenvalue weighted by Gasteiger charge is -2.25. The van der Waals surface area contributed by atoms with Crippen molar-refractivity contribution in [3.8, 4) is 0 Å². The lowest BCUT2D eigenvalue weighted by atomic mass is 10.0. The first kappa shape index (κ1) is 18.8. The fraction of sp³-hybridized carbons (Fsp3) is 0.765. The first-order valence-electron chi connectivity index (χ1n) is 8.39. The van der Waals surface area contributed by atoms with E-state index in [1.54, 1.807) is 12.1 Å². The molecule has 0 bridgehead atoms. The minimum absolute atomic E-state index is 0.166. The molecule has 0 radical (unpaired) electrons. The van der Waals surface area contributed by atoms with Crippen LogP contribution in [0.1, 0.15) is 58.3 Å². The van der Waals surface area contributed by atoms with Gasteiger partial charge < -0.3 is 4.74 Å². The highest BCUT2D eigenvalue weighted by Gasteiger charge is 2.23. The maximum absolute atomic E-state index is 11.9. The van der Waals surface area contributed by atoms with Gasteiger partial charge in [0.1, 0.15) is 6.04 Å². The Hall–Kier alpha value is -1.20. The van der Waals surface area contributed by atoms with E-state index in [0.717, 1.165) is 50.5 Å². The van der Waals surface area contributed by atoms with Gasteiger partial charge >= 0.3 is 5.97 Å². The molecule has 0 aliphatic heterocycles. The van der Waals surface area contributed by atoms with Crippen LogP contribution >= 0.6 is 0 Å². The van der Waals surface area contributed by atoms with Gasteiger partial charge in [0.25, 0.3) is 0 Å². The van der Waals surface area contributed by atoms with Gasteiger partial charge in [-0.3, -0.25) is 15.0 Å². The molecule has 1 atom stereocenters. The van der Waals surface area contributed by atoms with Crippen LogP contribution in [0.4, 0.5) is 0 Å². The molecule has 0 heterocycles. The molecule has 0 aromatic rings. The molecule has 1 unspecified atom stereocenters. The molecule has 1 aliphatic rings. The lowest BCUT2D eigenvalue weighted by Crippen LogP contribution is -2.46. The number of carbonyl (C=O) groups is 2. The van der Waals surface area contributed by atoms with Gasteiger partial charge in [-0.05, 0) is 45.2 Å². The summed E-state index contributed by atoms with van der Waals surface area (Å²) in [6.07, 6.45) is 9.64. The molecule has 0 spiro atoms. The summed E-state index contributed by atoms with van der Waals surface area (Å²) in [7, 11) is 3.67. The summed E-state index contributed by atoms with van der Waals surface area (Å²) in [5, 5.41) is 1.81. The van der Waals surface area contributed by atoms with Crippen molar-refractivity contribution in [3.05, 3.63) is 11.6 Å². The molecule has 5 nitrogen and oxygen atoms in total. The zero-order chi connectivity index (χ0) is 16.4. The molecule has 0 aromatic heterocycles. The van der Waals surface area contributed by atoms with E-state index < -0.39 is 0 Å². The topological polar surface area (TPSA) is 58.6 Å². The highest BCUT2D eigenvalue weighted by Crippen LogP contribution is 2.20. The number of hydrazine groups is 1. The Morgan fingerprint density at radius 2 is 2.09 bits per heavy atom. The Morgan fingerprint density at radius 1 is 1.36 bits per heavy atom. The van der Waals surface area contributed by atoms with E-state index in [-0.39, 0.29) is 12.0 Å². The number of nitrogens with zero attached hydrogens (tertiary/aromatic N) is 1. The van der Waals surface area contributed by atoms with Crippen molar-refractivity contribution in [3.63, 3.8) is 0 Å². The molecule has 0 amide bonds. The van der Waals surface area contributed by atoms with E-state index in [9.17, 15) is 9.59 Å². The Bertz CT molecular complexity index is 393. The zero-order valence-corrected chi connectivity index (χ0v) is 14.2. The third-order valence-corrected chi connectivity index (χ3v) is 4.17. The summed E-state index contributed by atoms with van der Waals surface area (Å²) in [4.78, 5) is 23.4. The van der Waals surface area contributed by atoms with Crippen LogP contribution in [-0.2, 0) is 14.3 Å². The summed E-state index contributed by atoms with van der Waals surface area (Å²) >= 11 is 0. The first-order chi connectivity index (χ1) is 10.6. The highest BCUT2D eigenvalue weighted by atomic mass is 16.5. The normalized spacial score (nSPS) is 16.0. The van der Waals surface area contributed by atoms with Crippen LogP contribution in [0.3, 0.4) is 0 Å². The van der Waals surface area contributed by atoms with Crippen LogP contribution in [0.25, 0.3) is 0 Å². The number of Topliss-reactive ketones (excluding diaryl/α,β-unsaturated/α-hetero) is 1. The Balaban J connectivity index is 2.19. The number of allylic oxidation sites excluding steroid dienone is 2. The van der Waals surface area contributed by atoms with Gasteiger partial charge in [0, 0.05) is 13.5 Å². The van der Waals surface area contributed by atoms with E-state index in [1.165, 1.54) is 0 Å². The second kappa shape index (κ2) is 10.5. The predicted octanol–water partition coefficient (Wildman–Crippen LogP) is 2.61. The number of hydrogen-bond acceptors (Lipinski definition) is 5. The average molecular weight is 310 g/mol. The van der Waals surface area contributed by atoms with Gasteiger partial charge in [0.05, 0.1) is 6.61 Å². The summed E-state index contributed by atoms with van der Waals surface area (Å²) in [6, 6.07) is -0.232. The Morgan fingerprint density at radius 3 is 2.68 bits per heavy atom. The number of carbonyl (C=O) groups excluding carboxylic acids is 2. The zero-order valence-electron chi connectivity index (χ0n) is 14.2. The monoisotopic (exact) mass is 310 g/mol. The van der Waals surface area contributed by atoms with Crippen molar-refractivity contribution < 1.29 is 14.3 Å². The fourth-order valence-electron chi connectivity index (χ4n) is 2.76. The minimum Gasteiger partial charge on any atom is -0.465 e. The molecular formula is C17H30N2O3. The van der Waals surface area contributed by atoms with Crippen LogP contribution in [0.5, 0.6) is 0 Å². The van der Waals surface area contributed by atoms with Crippen LogP contribution in [0.2, 0.25) is 0 Å². The predicted molar refractivity (Wildman–Crippen MR) is 87.3 cm³/mol. The lowest BCUT2D eigenvalue weighted by molar-refractivity contribution is -0.150. The van der Waals surface area contributed by atoms with E-state index in [2.05, 4.69) is 11.5 Å². The van der Waals surface area contributed by atoms with Crippen molar-refractivity contribution >= 4 is 11.8 Å². The van der Waals surface area contributed by atoms with E-state index in [1.807, 2.05) is 14.0 Å². The van der Waals surface area contributed by atoms with Crippen molar-refractivity contribution in [2.75, 3.05) is 20.7 Å². The van der Waals surface area contributed by atoms with Gasteiger partial charge in [0.15, 0.2) is 5.78 Å². The standard InChI is InChI=1S/C17H30N2O3/c1-4-22-17(21)15(19(3)18-2)12-8-6-5-7-10-14-11-9-13-16(14)20/h11,15,18H,4-10,12-13H2,1-3H3. The molecular weight excluding hydrogens is 280 g/mol. The van der Waals surface area contributed by atoms with Gasteiger partial charge in [-0.15, -0.1) is 0 Å². The maximum Gasteiger partial charge on any atom is 0.324 e.